The minimum atomic E-state index is -3.29. The molecule has 0 heterocycles. The van der Waals surface area contributed by atoms with Gasteiger partial charge in [0.05, 0.1) is 22.3 Å². The van der Waals surface area contributed by atoms with E-state index in [4.69, 9.17) is 5.26 Å². The molecular weight excluding hydrogens is 272 g/mol. The predicted molar refractivity (Wildman–Crippen MR) is 80.2 cm³/mol. The fraction of sp³-hybridized carbons (Fsp3) is 0.533. The van der Waals surface area contributed by atoms with Crippen LogP contribution >= 0.6 is 0 Å². The third-order valence-corrected chi connectivity index (χ3v) is 4.92. The summed E-state index contributed by atoms with van der Waals surface area (Å²) in [5.41, 5.74) is 0.417. The van der Waals surface area contributed by atoms with E-state index in [2.05, 4.69) is 26.1 Å². The van der Waals surface area contributed by atoms with Crippen LogP contribution in [0.1, 0.15) is 39.2 Å². The number of nitriles is 1. The molecule has 0 aliphatic rings. The second-order valence-corrected chi connectivity index (χ2v) is 7.62. The van der Waals surface area contributed by atoms with Crippen molar-refractivity contribution in [3.8, 4) is 6.07 Å². The SMILES string of the molecule is CCCC(C)(C)NCCS(=O)(=O)c1ccc(C#N)cc1. The molecular formula is C15H22N2O2S. The Hall–Kier alpha value is -1.38. The number of nitrogens with one attached hydrogen (secondary N) is 1. The van der Waals surface area contributed by atoms with Gasteiger partial charge >= 0.3 is 0 Å². The van der Waals surface area contributed by atoms with E-state index in [1.54, 1.807) is 0 Å². The summed E-state index contributed by atoms with van der Waals surface area (Å²) < 4.78 is 24.3. The van der Waals surface area contributed by atoms with Crippen LogP contribution < -0.4 is 5.32 Å². The van der Waals surface area contributed by atoms with Gasteiger partial charge in [0.2, 0.25) is 0 Å². The van der Waals surface area contributed by atoms with E-state index < -0.39 is 9.84 Å². The maximum absolute atomic E-state index is 12.2. The zero-order chi connectivity index (χ0) is 15.2. The highest BCUT2D eigenvalue weighted by atomic mass is 32.2. The lowest BCUT2D eigenvalue weighted by Crippen LogP contribution is -2.41. The molecule has 0 fully saturated rings. The zero-order valence-electron chi connectivity index (χ0n) is 12.3. The summed E-state index contributed by atoms with van der Waals surface area (Å²) in [5.74, 6) is 0.0616. The fourth-order valence-electron chi connectivity index (χ4n) is 2.09. The molecule has 1 rings (SSSR count). The third-order valence-electron chi connectivity index (χ3n) is 3.19. The molecule has 110 valence electrons. The molecule has 0 saturated heterocycles. The van der Waals surface area contributed by atoms with Gasteiger partial charge in [-0.05, 0) is 44.5 Å². The molecule has 1 N–H and O–H groups in total. The van der Waals surface area contributed by atoms with Gasteiger partial charge in [0, 0.05) is 12.1 Å². The van der Waals surface area contributed by atoms with E-state index in [1.165, 1.54) is 24.3 Å². The molecule has 0 radical (unpaired) electrons. The van der Waals surface area contributed by atoms with E-state index >= 15 is 0 Å². The molecule has 1 aromatic carbocycles. The quantitative estimate of drug-likeness (QED) is 0.839. The van der Waals surface area contributed by atoms with Crippen molar-refractivity contribution in [3.05, 3.63) is 29.8 Å². The Morgan fingerprint density at radius 2 is 1.85 bits per heavy atom. The van der Waals surface area contributed by atoms with Gasteiger partial charge < -0.3 is 5.32 Å². The van der Waals surface area contributed by atoms with Gasteiger partial charge in [0.25, 0.3) is 0 Å². The summed E-state index contributed by atoms with van der Waals surface area (Å²) in [6.45, 7) is 6.68. The van der Waals surface area contributed by atoms with E-state index in [0.29, 0.717) is 12.1 Å². The Labute approximate surface area is 121 Å². The van der Waals surface area contributed by atoms with Gasteiger partial charge in [-0.25, -0.2) is 8.42 Å². The lowest BCUT2D eigenvalue weighted by atomic mass is 9.99. The average molecular weight is 294 g/mol. The Morgan fingerprint density at radius 3 is 2.35 bits per heavy atom. The van der Waals surface area contributed by atoms with Crippen LogP contribution in [0, 0.1) is 11.3 Å². The van der Waals surface area contributed by atoms with Crippen LogP contribution in [0.3, 0.4) is 0 Å². The molecule has 0 aromatic heterocycles. The van der Waals surface area contributed by atoms with Crippen molar-refractivity contribution < 1.29 is 8.42 Å². The van der Waals surface area contributed by atoms with Gasteiger partial charge in [-0.3, -0.25) is 0 Å². The van der Waals surface area contributed by atoms with Gasteiger partial charge in [0.15, 0.2) is 9.84 Å². The Kier molecular flexibility index (Phi) is 5.73. The average Bonchev–Trinajstić information content (AvgIpc) is 2.38. The highest BCUT2D eigenvalue weighted by molar-refractivity contribution is 7.91. The molecule has 0 aliphatic carbocycles. The number of benzene rings is 1. The summed E-state index contributed by atoms with van der Waals surface area (Å²) >= 11 is 0. The third kappa shape index (κ3) is 4.95. The summed E-state index contributed by atoms with van der Waals surface area (Å²) in [6.07, 6.45) is 2.06. The smallest absolute Gasteiger partial charge is 0.179 e. The van der Waals surface area contributed by atoms with Crippen LogP contribution in [0.25, 0.3) is 0 Å². The largest absolute Gasteiger partial charge is 0.311 e. The van der Waals surface area contributed by atoms with E-state index in [1.807, 2.05) is 6.07 Å². The standard InChI is InChI=1S/C15H22N2O2S/c1-4-9-15(2,3)17-10-11-20(18,19)14-7-5-13(12-16)6-8-14/h5-8,17H,4,9-11H2,1-3H3. The highest BCUT2D eigenvalue weighted by Gasteiger charge is 2.18. The summed E-state index contributed by atoms with van der Waals surface area (Å²) in [4.78, 5) is 0.270. The maximum Gasteiger partial charge on any atom is 0.179 e. The summed E-state index contributed by atoms with van der Waals surface area (Å²) in [7, 11) is -3.29. The minimum absolute atomic E-state index is 0.0467. The van der Waals surface area contributed by atoms with Crippen LogP contribution in [0.2, 0.25) is 0 Å². The van der Waals surface area contributed by atoms with Crippen molar-refractivity contribution in [1.29, 1.82) is 5.26 Å². The van der Waals surface area contributed by atoms with E-state index in [-0.39, 0.29) is 16.2 Å². The van der Waals surface area contributed by atoms with Gasteiger partial charge in [-0.1, -0.05) is 13.3 Å². The minimum Gasteiger partial charge on any atom is -0.311 e. The number of hydrogen-bond donors (Lipinski definition) is 1. The molecule has 0 bridgehead atoms. The molecule has 4 nitrogen and oxygen atoms in total. The predicted octanol–water partition coefficient (Wildman–Crippen LogP) is 2.50. The molecule has 0 atom stereocenters. The molecule has 0 amide bonds. The van der Waals surface area contributed by atoms with Crippen molar-refractivity contribution in [2.45, 2.75) is 44.0 Å². The summed E-state index contributed by atoms with van der Waals surface area (Å²) in [6, 6.07) is 8.02. The van der Waals surface area contributed by atoms with Gasteiger partial charge in [-0.15, -0.1) is 0 Å². The van der Waals surface area contributed by atoms with Crippen LogP contribution in [0.5, 0.6) is 0 Å². The lowest BCUT2D eigenvalue weighted by molar-refractivity contribution is 0.368. The zero-order valence-corrected chi connectivity index (χ0v) is 13.1. The van der Waals surface area contributed by atoms with Crippen LogP contribution in [0.4, 0.5) is 0 Å². The number of rotatable bonds is 7. The maximum atomic E-state index is 12.2. The second kappa shape index (κ2) is 6.87. The first-order chi connectivity index (χ1) is 9.30. The van der Waals surface area contributed by atoms with Crippen LogP contribution in [-0.2, 0) is 9.84 Å². The second-order valence-electron chi connectivity index (χ2n) is 5.52. The molecule has 0 spiro atoms. The lowest BCUT2D eigenvalue weighted by Gasteiger charge is -2.25. The van der Waals surface area contributed by atoms with Crippen LogP contribution in [0.15, 0.2) is 29.2 Å². The van der Waals surface area contributed by atoms with Crippen molar-refractivity contribution in [2.75, 3.05) is 12.3 Å². The Morgan fingerprint density at radius 1 is 1.25 bits per heavy atom. The molecule has 0 unspecified atom stereocenters. The number of hydrogen-bond acceptors (Lipinski definition) is 4. The number of nitrogens with zero attached hydrogens (tertiary/aromatic N) is 1. The Balaban J connectivity index is 2.64. The van der Waals surface area contributed by atoms with Crippen LogP contribution in [-0.4, -0.2) is 26.3 Å². The monoisotopic (exact) mass is 294 g/mol. The fourth-order valence-corrected chi connectivity index (χ4v) is 3.25. The van der Waals surface area contributed by atoms with Gasteiger partial charge in [-0.2, -0.15) is 5.26 Å². The highest BCUT2D eigenvalue weighted by Crippen LogP contribution is 2.13. The first kappa shape index (κ1) is 16.7. The molecule has 20 heavy (non-hydrogen) atoms. The first-order valence-electron chi connectivity index (χ1n) is 6.79. The van der Waals surface area contributed by atoms with Crippen molar-refractivity contribution in [3.63, 3.8) is 0 Å². The summed E-state index contributed by atoms with van der Waals surface area (Å²) in [5, 5.41) is 12.0. The normalized spacial score (nSPS) is 12.1. The van der Waals surface area contributed by atoms with Crippen molar-refractivity contribution in [1.82, 2.24) is 5.32 Å². The van der Waals surface area contributed by atoms with E-state index in [0.717, 1.165) is 12.8 Å². The molecule has 1 aromatic rings. The molecule has 0 saturated carbocycles. The molecule has 0 aliphatic heterocycles. The Bertz CT molecular complexity index is 569. The van der Waals surface area contributed by atoms with Gasteiger partial charge in [0.1, 0.15) is 0 Å². The van der Waals surface area contributed by atoms with Crippen molar-refractivity contribution in [2.24, 2.45) is 0 Å². The van der Waals surface area contributed by atoms with Crippen molar-refractivity contribution >= 4 is 9.84 Å². The first-order valence-corrected chi connectivity index (χ1v) is 8.44. The molecule has 5 heteroatoms. The van der Waals surface area contributed by atoms with E-state index in [9.17, 15) is 8.42 Å². The number of sulfone groups is 1. The topological polar surface area (TPSA) is 70.0 Å².